The molecule has 0 saturated carbocycles. The topological polar surface area (TPSA) is 82.5 Å². The maximum Gasteiger partial charge on any atom is 0.303 e. The van der Waals surface area contributed by atoms with Gasteiger partial charge < -0.3 is 10.4 Å². The van der Waals surface area contributed by atoms with Crippen molar-refractivity contribution in [2.75, 3.05) is 16.8 Å². The number of rotatable bonds is 8. The highest BCUT2D eigenvalue weighted by molar-refractivity contribution is 7.14. The molecule has 0 bridgehead atoms. The van der Waals surface area contributed by atoms with Crippen LogP contribution in [-0.4, -0.2) is 28.5 Å². The number of anilines is 2. The Morgan fingerprint density at radius 2 is 2.17 bits per heavy atom. The number of carbonyl (C=O) groups excluding carboxylic acids is 1. The van der Waals surface area contributed by atoms with Crippen molar-refractivity contribution < 1.29 is 14.7 Å². The molecular formula is C17H21N3O3S. The fourth-order valence-corrected chi connectivity index (χ4v) is 3.21. The van der Waals surface area contributed by atoms with Crippen molar-refractivity contribution in [3.63, 3.8) is 0 Å². The van der Waals surface area contributed by atoms with Crippen LogP contribution in [0, 0.1) is 0 Å². The van der Waals surface area contributed by atoms with Crippen LogP contribution in [-0.2, 0) is 22.6 Å². The fraction of sp³-hybridized carbons (Fsp3) is 0.353. The van der Waals surface area contributed by atoms with Gasteiger partial charge in [0, 0.05) is 31.0 Å². The average molecular weight is 347 g/mol. The number of aliphatic carboxylic acids is 1. The first-order valence-corrected chi connectivity index (χ1v) is 8.64. The van der Waals surface area contributed by atoms with Crippen molar-refractivity contribution >= 4 is 34.0 Å². The average Bonchev–Trinajstić information content (AvgIpc) is 3.00. The first-order valence-electron chi connectivity index (χ1n) is 7.76. The van der Waals surface area contributed by atoms with E-state index in [1.54, 1.807) is 4.90 Å². The van der Waals surface area contributed by atoms with E-state index in [0.717, 1.165) is 16.9 Å². The summed E-state index contributed by atoms with van der Waals surface area (Å²) in [6.45, 7) is 4.60. The molecule has 0 fully saturated rings. The van der Waals surface area contributed by atoms with E-state index in [-0.39, 0.29) is 12.3 Å². The number of thiazole rings is 1. The zero-order valence-corrected chi connectivity index (χ0v) is 14.6. The standard InChI is InChI=1S/C17H21N3O3S/c1-3-20(12(2)21)17-19-15(11-24-17)10-18-14-6-4-5-13(9-14)7-8-16(22)23/h4-6,9,11,18H,3,7-8,10H2,1-2H3,(H,22,23). The predicted molar refractivity (Wildman–Crippen MR) is 95.5 cm³/mol. The summed E-state index contributed by atoms with van der Waals surface area (Å²) < 4.78 is 0. The van der Waals surface area contributed by atoms with Crippen LogP contribution in [0.25, 0.3) is 0 Å². The summed E-state index contributed by atoms with van der Waals surface area (Å²) in [4.78, 5) is 28.3. The molecule has 0 atom stereocenters. The Morgan fingerprint density at radius 3 is 2.83 bits per heavy atom. The molecule has 0 aliphatic rings. The van der Waals surface area contributed by atoms with Gasteiger partial charge in [0.2, 0.25) is 5.91 Å². The normalized spacial score (nSPS) is 10.4. The molecule has 6 nitrogen and oxygen atoms in total. The number of amides is 1. The minimum Gasteiger partial charge on any atom is -0.481 e. The van der Waals surface area contributed by atoms with E-state index in [0.29, 0.717) is 24.6 Å². The van der Waals surface area contributed by atoms with E-state index in [4.69, 9.17) is 5.11 Å². The molecule has 24 heavy (non-hydrogen) atoms. The van der Waals surface area contributed by atoms with E-state index in [2.05, 4.69) is 10.3 Å². The number of aryl methyl sites for hydroxylation is 1. The number of hydrogen-bond donors (Lipinski definition) is 2. The van der Waals surface area contributed by atoms with Gasteiger partial charge in [0.05, 0.1) is 12.2 Å². The highest BCUT2D eigenvalue weighted by atomic mass is 32.1. The van der Waals surface area contributed by atoms with E-state index in [9.17, 15) is 9.59 Å². The Kier molecular flexibility index (Phi) is 6.31. The summed E-state index contributed by atoms with van der Waals surface area (Å²) in [5.41, 5.74) is 2.77. The third-order valence-electron chi connectivity index (χ3n) is 3.50. The van der Waals surface area contributed by atoms with Gasteiger partial charge in [0.1, 0.15) is 0 Å². The van der Waals surface area contributed by atoms with Crippen molar-refractivity contribution in [2.45, 2.75) is 33.2 Å². The molecule has 7 heteroatoms. The minimum atomic E-state index is -0.797. The number of hydrogen-bond acceptors (Lipinski definition) is 5. The molecule has 0 aliphatic carbocycles. The lowest BCUT2D eigenvalue weighted by molar-refractivity contribution is -0.137. The number of carboxylic acid groups (broad SMARTS) is 1. The highest BCUT2D eigenvalue weighted by Crippen LogP contribution is 2.21. The minimum absolute atomic E-state index is 0.0162. The summed E-state index contributed by atoms with van der Waals surface area (Å²) in [6, 6.07) is 7.71. The van der Waals surface area contributed by atoms with Gasteiger partial charge in [0.15, 0.2) is 5.13 Å². The van der Waals surface area contributed by atoms with Crippen LogP contribution >= 0.6 is 11.3 Å². The maximum atomic E-state index is 11.5. The molecule has 0 radical (unpaired) electrons. The second-order valence-electron chi connectivity index (χ2n) is 5.33. The van der Waals surface area contributed by atoms with Crippen molar-refractivity contribution in [3.05, 3.63) is 40.9 Å². The number of aromatic nitrogens is 1. The van der Waals surface area contributed by atoms with Crippen LogP contribution in [0.3, 0.4) is 0 Å². The van der Waals surface area contributed by atoms with Gasteiger partial charge in [-0.1, -0.05) is 12.1 Å². The fourth-order valence-electron chi connectivity index (χ4n) is 2.27. The van der Waals surface area contributed by atoms with Gasteiger partial charge in [0.25, 0.3) is 0 Å². The monoisotopic (exact) mass is 347 g/mol. The van der Waals surface area contributed by atoms with E-state index in [1.807, 2.05) is 36.6 Å². The summed E-state index contributed by atoms with van der Waals surface area (Å²) in [6.07, 6.45) is 0.632. The van der Waals surface area contributed by atoms with Crippen LogP contribution < -0.4 is 10.2 Å². The van der Waals surface area contributed by atoms with Gasteiger partial charge >= 0.3 is 5.97 Å². The van der Waals surface area contributed by atoms with Crippen molar-refractivity contribution in [2.24, 2.45) is 0 Å². The Bertz CT molecular complexity index is 715. The van der Waals surface area contributed by atoms with Gasteiger partial charge in [-0.2, -0.15) is 0 Å². The van der Waals surface area contributed by atoms with Crippen LogP contribution in [0.5, 0.6) is 0 Å². The number of carboxylic acids is 1. The molecule has 2 rings (SSSR count). The lowest BCUT2D eigenvalue weighted by Gasteiger charge is -2.14. The van der Waals surface area contributed by atoms with Gasteiger partial charge in [-0.3, -0.25) is 14.5 Å². The second-order valence-corrected chi connectivity index (χ2v) is 6.17. The maximum absolute atomic E-state index is 11.5. The first-order chi connectivity index (χ1) is 11.5. The summed E-state index contributed by atoms with van der Waals surface area (Å²) >= 11 is 1.45. The van der Waals surface area contributed by atoms with E-state index >= 15 is 0 Å². The number of benzene rings is 1. The quantitative estimate of drug-likeness (QED) is 0.766. The molecule has 0 saturated heterocycles. The molecule has 128 valence electrons. The number of carbonyl (C=O) groups is 2. The molecule has 1 heterocycles. The largest absolute Gasteiger partial charge is 0.481 e. The molecule has 0 unspecified atom stereocenters. The Morgan fingerprint density at radius 1 is 1.38 bits per heavy atom. The van der Waals surface area contributed by atoms with Gasteiger partial charge in [-0.05, 0) is 31.0 Å². The first kappa shape index (κ1) is 17.9. The van der Waals surface area contributed by atoms with Crippen LogP contribution in [0.4, 0.5) is 10.8 Å². The molecule has 2 aromatic rings. The third kappa shape index (κ3) is 5.06. The van der Waals surface area contributed by atoms with E-state index < -0.39 is 5.97 Å². The van der Waals surface area contributed by atoms with Crippen molar-refractivity contribution in [1.29, 1.82) is 0 Å². The van der Waals surface area contributed by atoms with Crippen molar-refractivity contribution in [3.8, 4) is 0 Å². The van der Waals surface area contributed by atoms with Gasteiger partial charge in [-0.25, -0.2) is 4.98 Å². The SMILES string of the molecule is CCN(C(C)=O)c1nc(CNc2cccc(CCC(=O)O)c2)cs1. The van der Waals surface area contributed by atoms with E-state index in [1.165, 1.54) is 18.3 Å². The molecule has 2 N–H and O–H groups in total. The molecule has 0 spiro atoms. The smallest absolute Gasteiger partial charge is 0.303 e. The highest BCUT2D eigenvalue weighted by Gasteiger charge is 2.13. The lowest BCUT2D eigenvalue weighted by atomic mass is 10.1. The molecule has 1 amide bonds. The van der Waals surface area contributed by atoms with Crippen LogP contribution in [0.1, 0.15) is 31.5 Å². The van der Waals surface area contributed by atoms with Crippen molar-refractivity contribution in [1.82, 2.24) is 4.98 Å². The lowest BCUT2D eigenvalue weighted by Crippen LogP contribution is -2.27. The zero-order chi connectivity index (χ0) is 17.5. The molecule has 1 aromatic carbocycles. The molecular weight excluding hydrogens is 326 g/mol. The molecule has 1 aromatic heterocycles. The zero-order valence-electron chi connectivity index (χ0n) is 13.8. The molecule has 0 aliphatic heterocycles. The number of nitrogens with one attached hydrogen (secondary N) is 1. The van der Waals surface area contributed by atoms with Crippen LogP contribution in [0.15, 0.2) is 29.6 Å². The third-order valence-corrected chi connectivity index (χ3v) is 4.41. The summed E-state index contributed by atoms with van der Waals surface area (Å²) in [5.74, 6) is -0.813. The Labute approximate surface area is 145 Å². The number of nitrogens with zero attached hydrogens (tertiary/aromatic N) is 2. The Balaban J connectivity index is 1.96. The van der Waals surface area contributed by atoms with Crippen LogP contribution in [0.2, 0.25) is 0 Å². The van der Waals surface area contributed by atoms with Gasteiger partial charge in [-0.15, -0.1) is 11.3 Å². The summed E-state index contributed by atoms with van der Waals surface area (Å²) in [7, 11) is 0. The second kappa shape index (κ2) is 8.44. The Hall–Kier alpha value is -2.41. The predicted octanol–water partition coefficient (Wildman–Crippen LogP) is 3.15. The summed E-state index contributed by atoms with van der Waals surface area (Å²) in [5, 5.41) is 14.7.